The zero-order chi connectivity index (χ0) is 18.8. The molecule has 1 aromatic heterocycles. The van der Waals surface area contributed by atoms with Gasteiger partial charge < -0.3 is 9.64 Å². The van der Waals surface area contributed by atoms with Gasteiger partial charge in [-0.2, -0.15) is 5.10 Å². The van der Waals surface area contributed by atoms with Crippen molar-refractivity contribution in [3.05, 3.63) is 46.8 Å². The molecule has 6 nitrogen and oxygen atoms in total. The zero-order valence-corrected chi connectivity index (χ0v) is 15.8. The van der Waals surface area contributed by atoms with E-state index in [4.69, 9.17) is 4.74 Å². The van der Waals surface area contributed by atoms with E-state index in [1.165, 1.54) is 12.5 Å². The zero-order valence-electron chi connectivity index (χ0n) is 15.8. The Morgan fingerprint density at radius 2 is 1.92 bits per heavy atom. The first kappa shape index (κ1) is 18.2. The van der Waals surface area contributed by atoms with Crippen molar-refractivity contribution in [1.82, 2.24) is 14.7 Å². The first-order valence-corrected chi connectivity index (χ1v) is 8.98. The van der Waals surface area contributed by atoms with Crippen LogP contribution >= 0.6 is 0 Å². The van der Waals surface area contributed by atoms with E-state index in [9.17, 15) is 9.59 Å². The molecule has 3 rings (SSSR count). The maximum Gasteiger partial charge on any atom is 0.244 e. The summed E-state index contributed by atoms with van der Waals surface area (Å²) < 4.78 is 7.64. The highest BCUT2D eigenvalue weighted by Crippen LogP contribution is 2.23. The summed E-state index contributed by atoms with van der Waals surface area (Å²) in [4.78, 5) is 25.9. The molecule has 0 N–H and O–H groups in total. The van der Waals surface area contributed by atoms with Crippen LogP contribution in [0.3, 0.4) is 0 Å². The van der Waals surface area contributed by atoms with Crippen LogP contribution in [-0.4, -0.2) is 45.6 Å². The number of ether oxygens (including phenoxy) is 1. The van der Waals surface area contributed by atoms with E-state index in [0.717, 1.165) is 17.9 Å². The van der Waals surface area contributed by atoms with Gasteiger partial charge in [-0.25, -0.2) is 0 Å². The summed E-state index contributed by atoms with van der Waals surface area (Å²) in [6.07, 6.45) is 0.946. The monoisotopic (exact) mass is 355 g/mol. The van der Waals surface area contributed by atoms with Crippen LogP contribution in [0, 0.1) is 13.8 Å². The number of amides is 1. The van der Waals surface area contributed by atoms with Crippen molar-refractivity contribution >= 4 is 11.7 Å². The third kappa shape index (κ3) is 3.49. The SMILES string of the molecule is CCc1ccccc1OC1CN(C(=O)Cn2nc(C)c(C(C)=O)c2C)C1. The molecule has 138 valence electrons. The predicted octanol–water partition coefficient (Wildman–Crippen LogP) is 2.55. The Balaban J connectivity index is 1.57. The second-order valence-electron chi connectivity index (χ2n) is 6.76. The Bertz CT molecular complexity index is 835. The van der Waals surface area contributed by atoms with Crippen molar-refractivity contribution in [2.24, 2.45) is 0 Å². The second-order valence-corrected chi connectivity index (χ2v) is 6.76. The average molecular weight is 355 g/mol. The lowest BCUT2D eigenvalue weighted by molar-refractivity contribution is -0.140. The molecule has 2 heterocycles. The second kappa shape index (κ2) is 7.32. The van der Waals surface area contributed by atoms with Gasteiger partial charge in [-0.1, -0.05) is 25.1 Å². The lowest BCUT2D eigenvalue weighted by Crippen LogP contribution is -2.57. The topological polar surface area (TPSA) is 64.4 Å². The molecule has 0 bridgehead atoms. The van der Waals surface area contributed by atoms with Crippen LogP contribution < -0.4 is 4.74 Å². The Morgan fingerprint density at radius 3 is 2.54 bits per heavy atom. The van der Waals surface area contributed by atoms with E-state index >= 15 is 0 Å². The molecule has 1 fully saturated rings. The number of Topliss-reactive ketones (excluding diaryl/α,β-unsaturated/α-hetero) is 1. The number of para-hydroxylation sites is 1. The fourth-order valence-corrected chi connectivity index (χ4v) is 3.40. The smallest absolute Gasteiger partial charge is 0.244 e. The standard InChI is InChI=1S/C20H25N3O3/c1-5-16-8-6-7-9-18(16)26-17-10-22(11-17)19(25)12-23-14(3)20(15(4)24)13(2)21-23/h6-9,17H,5,10-12H2,1-4H3. The van der Waals surface area contributed by atoms with Crippen LogP contribution in [0.1, 0.15) is 41.2 Å². The quantitative estimate of drug-likeness (QED) is 0.747. The third-order valence-electron chi connectivity index (χ3n) is 4.87. The minimum absolute atomic E-state index is 0.00525. The van der Waals surface area contributed by atoms with Crippen molar-refractivity contribution in [3.63, 3.8) is 0 Å². The largest absolute Gasteiger partial charge is 0.486 e. The summed E-state index contributed by atoms with van der Waals surface area (Å²) in [5, 5.41) is 4.34. The van der Waals surface area contributed by atoms with Crippen LogP contribution in [0.15, 0.2) is 24.3 Å². The van der Waals surface area contributed by atoms with Crippen molar-refractivity contribution < 1.29 is 14.3 Å². The number of aryl methyl sites for hydroxylation is 2. The number of ketones is 1. The van der Waals surface area contributed by atoms with E-state index in [0.29, 0.717) is 24.3 Å². The van der Waals surface area contributed by atoms with Crippen LogP contribution in [0.2, 0.25) is 0 Å². The van der Waals surface area contributed by atoms with E-state index in [2.05, 4.69) is 18.1 Å². The summed E-state index contributed by atoms with van der Waals surface area (Å²) in [5.74, 6) is 0.872. The van der Waals surface area contributed by atoms with Gasteiger partial charge in [0.25, 0.3) is 0 Å². The number of hydrogen-bond donors (Lipinski definition) is 0. The van der Waals surface area contributed by atoms with Gasteiger partial charge in [-0.05, 0) is 38.8 Å². The molecule has 0 atom stereocenters. The Morgan fingerprint density at radius 1 is 1.23 bits per heavy atom. The lowest BCUT2D eigenvalue weighted by atomic mass is 10.1. The van der Waals surface area contributed by atoms with Crippen molar-refractivity contribution in [3.8, 4) is 5.75 Å². The molecule has 1 aromatic carbocycles. The van der Waals surface area contributed by atoms with Crippen LogP contribution in [0.5, 0.6) is 5.75 Å². The number of hydrogen-bond acceptors (Lipinski definition) is 4. The Labute approximate surface area is 153 Å². The molecule has 0 radical (unpaired) electrons. The van der Waals surface area contributed by atoms with Gasteiger partial charge in [0.05, 0.1) is 24.3 Å². The summed E-state index contributed by atoms with van der Waals surface area (Å²) in [5.41, 5.74) is 3.20. The van der Waals surface area contributed by atoms with Crippen molar-refractivity contribution in [1.29, 1.82) is 0 Å². The number of nitrogens with zero attached hydrogens (tertiary/aromatic N) is 3. The first-order chi connectivity index (χ1) is 12.4. The minimum Gasteiger partial charge on any atom is -0.486 e. The van der Waals surface area contributed by atoms with Gasteiger partial charge in [0.1, 0.15) is 18.4 Å². The van der Waals surface area contributed by atoms with Crippen molar-refractivity contribution in [2.45, 2.75) is 46.8 Å². The highest BCUT2D eigenvalue weighted by atomic mass is 16.5. The molecule has 0 aliphatic carbocycles. The molecular formula is C20H25N3O3. The summed E-state index contributed by atoms with van der Waals surface area (Å²) in [6.45, 7) is 8.55. The van der Waals surface area contributed by atoms with Gasteiger partial charge in [0.2, 0.25) is 5.91 Å². The predicted molar refractivity (Wildman–Crippen MR) is 98.5 cm³/mol. The summed E-state index contributed by atoms with van der Waals surface area (Å²) >= 11 is 0. The molecule has 6 heteroatoms. The number of carbonyl (C=O) groups is 2. The summed E-state index contributed by atoms with van der Waals surface area (Å²) in [7, 11) is 0. The van der Waals surface area contributed by atoms with Crippen LogP contribution in [-0.2, 0) is 17.8 Å². The number of rotatable bonds is 6. The van der Waals surface area contributed by atoms with Crippen LogP contribution in [0.25, 0.3) is 0 Å². The minimum atomic E-state index is -0.0225. The maximum atomic E-state index is 12.5. The average Bonchev–Trinajstić information content (AvgIpc) is 2.84. The van der Waals surface area contributed by atoms with E-state index in [-0.39, 0.29) is 24.3 Å². The van der Waals surface area contributed by atoms with Gasteiger partial charge in [0.15, 0.2) is 5.78 Å². The molecule has 1 saturated heterocycles. The first-order valence-electron chi connectivity index (χ1n) is 8.98. The molecule has 26 heavy (non-hydrogen) atoms. The molecule has 1 aliphatic rings. The highest BCUT2D eigenvalue weighted by Gasteiger charge is 2.33. The molecule has 2 aromatic rings. The fraction of sp³-hybridized carbons (Fsp3) is 0.450. The van der Waals surface area contributed by atoms with E-state index in [1.54, 1.807) is 16.5 Å². The number of benzene rings is 1. The maximum absolute atomic E-state index is 12.5. The molecule has 1 aliphatic heterocycles. The van der Waals surface area contributed by atoms with Gasteiger partial charge >= 0.3 is 0 Å². The Kier molecular flexibility index (Phi) is 5.11. The number of aromatic nitrogens is 2. The molecule has 0 unspecified atom stereocenters. The summed E-state index contributed by atoms with van der Waals surface area (Å²) in [6, 6.07) is 8.01. The Hall–Kier alpha value is -2.63. The fourth-order valence-electron chi connectivity index (χ4n) is 3.40. The molecule has 0 saturated carbocycles. The number of carbonyl (C=O) groups excluding carboxylic acids is 2. The normalized spacial score (nSPS) is 14.2. The van der Waals surface area contributed by atoms with E-state index in [1.807, 2.05) is 25.1 Å². The molecule has 1 amide bonds. The van der Waals surface area contributed by atoms with Gasteiger partial charge in [0, 0.05) is 5.69 Å². The van der Waals surface area contributed by atoms with Crippen molar-refractivity contribution in [2.75, 3.05) is 13.1 Å². The van der Waals surface area contributed by atoms with Gasteiger partial charge in [-0.15, -0.1) is 0 Å². The highest BCUT2D eigenvalue weighted by molar-refractivity contribution is 5.96. The third-order valence-corrected chi connectivity index (χ3v) is 4.87. The molecule has 0 spiro atoms. The van der Waals surface area contributed by atoms with E-state index < -0.39 is 0 Å². The van der Waals surface area contributed by atoms with Gasteiger partial charge in [-0.3, -0.25) is 14.3 Å². The lowest BCUT2D eigenvalue weighted by Gasteiger charge is -2.39. The number of likely N-dealkylation sites (tertiary alicyclic amines) is 1. The van der Waals surface area contributed by atoms with Crippen LogP contribution in [0.4, 0.5) is 0 Å². The molecular weight excluding hydrogens is 330 g/mol.